The fourth-order valence-corrected chi connectivity index (χ4v) is 4.12. The Bertz CT molecular complexity index is 782. The van der Waals surface area contributed by atoms with Gasteiger partial charge in [0.25, 0.3) is 5.91 Å². The molecule has 27 heavy (non-hydrogen) atoms. The van der Waals surface area contributed by atoms with Crippen LogP contribution in [-0.4, -0.2) is 51.9 Å². The Balaban J connectivity index is 0.00000210. The maximum absolute atomic E-state index is 13.0. The van der Waals surface area contributed by atoms with Crippen LogP contribution in [0.3, 0.4) is 0 Å². The number of aromatic nitrogens is 3. The van der Waals surface area contributed by atoms with E-state index in [1.807, 2.05) is 24.0 Å². The highest BCUT2D eigenvalue weighted by atomic mass is 35.5. The van der Waals surface area contributed by atoms with E-state index in [4.69, 9.17) is 0 Å². The summed E-state index contributed by atoms with van der Waals surface area (Å²) in [5.41, 5.74) is 2.64. The predicted molar refractivity (Wildman–Crippen MR) is 107 cm³/mol. The SMILES string of the molecule is Cc1nc(-c2cccnc2)ncc1C(=O)N1CCC2(CCNCC2)CC1.Cl. The summed E-state index contributed by atoms with van der Waals surface area (Å²) < 4.78 is 0. The topological polar surface area (TPSA) is 71.0 Å². The Hall–Kier alpha value is -2.05. The van der Waals surface area contributed by atoms with Gasteiger partial charge in [-0.15, -0.1) is 12.4 Å². The van der Waals surface area contributed by atoms with E-state index in [-0.39, 0.29) is 18.3 Å². The smallest absolute Gasteiger partial charge is 0.257 e. The summed E-state index contributed by atoms with van der Waals surface area (Å²) in [7, 11) is 0. The highest BCUT2D eigenvalue weighted by Gasteiger charge is 2.37. The highest BCUT2D eigenvalue weighted by molar-refractivity contribution is 5.95. The van der Waals surface area contributed by atoms with Gasteiger partial charge in [-0.3, -0.25) is 9.78 Å². The first-order valence-electron chi connectivity index (χ1n) is 9.41. The van der Waals surface area contributed by atoms with Crippen LogP contribution in [0.1, 0.15) is 41.7 Å². The van der Waals surface area contributed by atoms with Crippen molar-refractivity contribution in [2.45, 2.75) is 32.6 Å². The average Bonchev–Trinajstić information content (AvgIpc) is 2.69. The number of aryl methyl sites for hydroxylation is 1. The van der Waals surface area contributed by atoms with Gasteiger partial charge in [0.15, 0.2) is 5.82 Å². The number of amides is 1. The molecule has 0 saturated carbocycles. The summed E-state index contributed by atoms with van der Waals surface area (Å²) in [5, 5.41) is 3.44. The van der Waals surface area contributed by atoms with Gasteiger partial charge in [-0.25, -0.2) is 9.97 Å². The standard InChI is InChI=1S/C20H25N5O.ClH/c1-15-17(14-23-18(24-15)16-3-2-8-22-13-16)19(26)25-11-6-20(7-12-25)4-9-21-10-5-20;/h2-3,8,13-14,21H,4-7,9-12H2,1H3;1H. The minimum absolute atomic E-state index is 0. The third-order valence-electron chi connectivity index (χ3n) is 5.91. The molecule has 4 heterocycles. The summed E-state index contributed by atoms with van der Waals surface area (Å²) in [6.45, 7) is 5.77. The van der Waals surface area contributed by atoms with Crippen molar-refractivity contribution in [1.29, 1.82) is 0 Å². The van der Waals surface area contributed by atoms with Gasteiger partial charge in [0.05, 0.1) is 11.3 Å². The Kier molecular flexibility index (Phi) is 6.07. The number of likely N-dealkylation sites (tertiary alicyclic amines) is 1. The van der Waals surface area contributed by atoms with Gasteiger partial charge in [-0.1, -0.05) is 0 Å². The van der Waals surface area contributed by atoms with E-state index >= 15 is 0 Å². The molecule has 4 rings (SSSR count). The van der Waals surface area contributed by atoms with Crippen molar-refractivity contribution >= 4 is 18.3 Å². The van der Waals surface area contributed by atoms with E-state index in [1.165, 1.54) is 12.8 Å². The Morgan fingerprint density at radius 3 is 2.52 bits per heavy atom. The van der Waals surface area contributed by atoms with Crippen LogP contribution in [-0.2, 0) is 0 Å². The quantitative estimate of drug-likeness (QED) is 0.857. The normalized spacial score (nSPS) is 18.8. The van der Waals surface area contributed by atoms with Gasteiger partial charge in [-0.2, -0.15) is 0 Å². The molecule has 2 aliphatic rings. The predicted octanol–water partition coefficient (Wildman–Crippen LogP) is 2.87. The molecule has 2 aromatic heterocycles. The highest BCUT2D eigenvalue weighted by Crippen LogP contribution is 2.39. The summed E-state index contributed by atoms with van der Waals surface area (Å²) in [6, 6.07) is 3.78. The molecule has 0 radical (unpaired) electrons. The lowest BCUT2D eigenvalue weighted by Gasteiger charge is -2.44. The number of pyridine rings is 1. The number of carbonyl (C=O) groups is 1. The second-order valence-corrected chi connectivity index (χ2v) is 7.48. The zero-order chi connectivity index (χ0) is 18.0. The minimum atomic E-state index is 0. The lowest BCUT2D eigenvalue weighted by molar-refractivity contribution is 0.0494. The Labute approximate surface area is 166 Å². The fourth-order valence-electron chi connectivity index (χ4n) is 4.12. The van der Waals surface area contributed by atoms with E-state index < -0.39 is 0 Å². The maximum atomic E-state index is 13.0. The largest absolute Gasteiger partial charge is 0.339 e. The molecule has 0 unspecified atom stereocenters. The Morgan fingerprint density at radius 1 is 1.15 bits per heavy atom. The number of carbonyl (C=O) groups excluding carboxylic acids is 1. The van der Waals surface area contributed by atoms with Gasteiger partial charge in [-0.05, 0) is 63.2 Å². The second kappa shape index (κ2) is 8.31. The van der Waals surface area contributed by atoms with Gasteiger partial charge in [0.2, 0.25) is 0 Å². The van der Waals surface area contributed by atoms with Crippen molar-refractivity contribution in [1.82, 2.24) is 25.2 Å². The third kappa shape index (κ3) is 4.12. The number of nitrogens with zero attached hydrogens (tertiary/aromatic N) is 4. The first kappa shape index (κ1) is 19.7. The molecule has 1 spiro atoms. The maximum Gasteiger partial charge on any atom is 0.257 e. The van der Waals surface area contributed by atoms with Crippen LogP contribution in [0.15, 0.2) is 30.7 Å². The molecule has 6 nitrogen and oxygen atoms in total. The van der Waals surface area contributed by atoms with E-state index in [2.05, 4.69) is 20.3 Å². The molecule has 0 aromatic carbocycles. The number of piperidine rings is 2. The monoisotopic (exact) mass is 387 g/mol. The van der Waals surface area contributed by atoms with Gasteiger partial charge < -0.3 is 10.2 Å². The minimum Gasteiger partial charge on any atom is -0.339 e. The number of hydrogen-bond donors (Lipinski definition) is 1. The number of nitrogens with one attached hydrogen (secondary N) is 1. The van der Waals surface area contributed by atoms with Gasteiger partial charge in [0.1, 0.15) is 0 Å². The molecule has 2 aromatic rings. The summed E-state index contributed by atoms with van der Waals surface area (Å²) >= 11 is 0. The van der Waals surface area contributed by atoms with Crippen molar-refractivity contribution in [2.24, 2.45) is 5.41 Å². The molecule has 0 atom stereocenters. The molecule has 1 amide bonds. The molecular weight excluding hydrogens is 362 g/mol. The molecule has 0 aliphatic carbocycles. The molecule has 2 saturated heterocycles. The van der Waals surface area contributed by atoms with Crippen molar-refractivity contribution < 1.29 is 4.79 Å². The zero-order valence-corrected chi connectivity index (χ0v) is 16.5. The molecular formula is C20H26ClN5O. The summed E-state index contributed by atoms with van der Waals surface area (Å²) in [4.78, 5) is 28.0. The van der Waals surface area contributed by atoms with E-state index in [1.54, 1.807) is 18.6 Å². The average molecular weight is 388 g/mol. The second-order valence-electron chi connectivity index (χ2n) is 7.48. The van der Waals surface area contributed by atoms with Crippen LogP contribution in [0.4, 0.5) is 0 Å². The van der Waals surface area contributed by atoms with E-state index in [0.717, 1.165) is 50.3 Å². The Morgan fingerprint density at radius 2 is 1.89 bits per heavy atom. The zero-order valence-electron chi connectivity index (χ0n) is 15.6. The van der Waals surface area contributed by atoms with Crippen molar-refractivity contribution in [3.8, 4) is 11.4 Å². The van der Waals surface area contributed by atoms with Crippen molar-refractivity contribution in [3.05, 3.63) is 42.0 Å². The third-order valence-corrected chi connectivity index (χ3v) is 5.91. The molecule has 1 N–H and O–H groups in total. The van der Waals surface area contributed by atoms with Crippen molar-refractivity contribution in [2.75, 3.05) is 26.2 Å². The van der Waals surface area contributed by atoms with E-state index in [0.29, 0.717) is 16.8 Å². The molecule has 144 valence electrons. The fraction of sp³-hybridized carbons (Fsp3) is 0.500. The van der Waals surface area contributed by atoms with Gasteiger partial charge >= 0.3 is 0 Å². The lowest BCUT2D eigenvalue weighted by Crippen LogP contribution is -2.47. The molecule has 0 bridgehead atoms. The van der Waals surface area contributed by atoms with E-state index in [9.17, 15) is 4.79 Å². The van der Waals surface area contributed by atoms with Gasteiger partial charge in [0, 0.05) is 37.2 Å². The number of rotatable bonds is 2. The molecule has 7 heteroatoms. The lowest BCUT2D eigenvalue weighted by atomic mass is 9.71. The summed E-state index contributed by atoms with van der Waals surface area (Å²) in [5.74, 6) is 0.670. The van der Waals surface area contributed by atoms with Crippen LogP contribution in [0.25, 0.3) is 11.4 Å². The molecule has 2 aliphatic heterocycles. The van der Waals surface area contributed by atoms with Crippen molar-refractivity contribution in [3.63, 3.8) is 0 Å². The van der Waals surface area contributed by atoms with Crippen LogP contribution in [0.5, 0.6) is 0 Å². The molecule has 2 fully saturated rings. The number of halogens is 1. The van der Waals surface area contributed by atoms with Crippen LogP contribution in [0, 0.1) is 12.3 Å². The van der Waals surface area contributed by atoms with Crippen LogP contribution >= 0.6 is 12.4 Å². The first-order chi connectivity index (χ1) is 12.7. The van der Waals surface area contributed by atoms with Crippen LogP contribution in [0.2, 0.25) is 0 Å². The summed E-state index contributed by atoms with van der Waals surface area (Å²) in [6.07, 6.45) is 9.80. The van der Waals surface area contributed by atoms with Crippen LogP contribution < -0.4 is 5.32 Å². The number of hydrogen-bond acceptors (Lipinski definition) is 5. The first-order valence-corrected chi connectivity index (χ1v) is 9.41.